The Bertz CT molecular complexity index is 462. The van der Waals surface area contributed by atoms with Crippen LogP contribution in [0, 0.1) is 5.92 Å². The lowest BCUT2D eigenvalue weighted by atomic mass is 9.86. The number of aliphatic hydroxyl groups is 1. The highest BCUT2D eigenvalue weighted by molar-refractivity contribution is 5.55. The second kappa shape index (κ2) is 5.74. The number of hydrogen-bond acceptors (Lipinski definition) is 3. The number of nitrogens with two attached hydrogens (primary N) is 1. The predicted molar refractivity (Wildman–Crippen MR) is 82.9 cm³/mol. The minimum atomic E-state index is -0.324. The van der Waals surface area contributed by atoms with Crippen LogP contribution in [0.25, 0.3) is 0 Å². The first-order chi connectivity index (χ1) is 9.73. The molecule has 0 saturated heterocycles. The van der Waals surface area contributed by atoms with Crippen LogP contribution in [0.5, 0.6) is 0 Å². The number of aliphatic hydroxyl groups excluding tert-OH is 1. The molecule has 0 radical (unpaired) electrons. The maximum Gasteiger partial charge on any atom is 0.0613 e. The van der Waals surface area contributed by atoms with Crippen LogP contribution < -0.4 is 10.6 Å². The van der Waals surface area contributed by atoms with Crippen molar-refractivity contribution >= 4 is 5.69 Å². The fourth-order valence-corrected chi connectivity index (χ4v) is 3.96. The van der Waals surface area contributed by atoms with E-state index in [0.29, 0.717) is 5.92 Å². The fraction of sp³-hybridized carbons (Fsp3) is 0.647. The molecule has 2 atom stereocenters. The Morgan fingerprint density at radius 2 is 2.15 bits per heavy atom. The van der Waals surface area contributed by atoms with Crippen molar-refractivity contribution in [2.75, 3.05) is 24.6 Å². The second-order valence-corrected chi connectivity index (χ2v) is 6.49. The van der Waals surface area contributed by atoms with Crippen molar-refractivity contribution < 1.29 is 5.11 Å². The monoisotopic (exact) mass is 274 g/mol. The molecule has 1 heterocycles. The number of aryl methyl sites for hydroxylation is 1. The number of benzene rings is 1. The highest BCUT2D eigenvalue weighted by Gasteiger charge is 2.38. The summed E-state index contributed by atoms with van der Waals surface area (Å²) in [5, 5.41) is 9.55. The van der Waals surface area contributed by atoms with Gasteiger partial charge in [-0.05, 0) is 49.7 Å². The number of rotatable bonds is 4. The van der Waals surface area contributed by atoms with Crippen molar-refractivity contribution in [2.45, 2.75) is 44.1 Å². The molecule has 20 heavy (non-hydrogen) atoms. The van der Waals surface area contributed by atoms with E-state index in [1.807, 2.05) is 0 Å². The molecule has 1 aromatic rings. The van der Waals surface area contributed by atoms with Gasteiger partial charge in [-0.2, -0.15) is 0 Å². The van der Waals surface area contributed by atoms with E-state index in [1.54, 1.807) is 0 Å². The number of fused-ring (bicyclic) bond motifs is 1. The number of nitrogens with zero attached hydrogens (tertiary/aromatic N) is 1. The lowest BCUT2D eigenvalue weighted by Crippen LogP contribution is -2.48. The average Bonchev–Trinajstić information content (AvgIpc) is 2.87. The Balaban J connectivity index is 1.65. The zero-order valence-corrected chi connectivity index (χ0v) is 12.2. The summed E-state index contributed by atoms with van der Waals surface area (Å²) in [6.07, 6.45) is 6.87. The second-order valence-electron chi connectivity index (χ2n) is 6.49. The Kier molecular flexibility index (Phi) is 3.99. The Morgan fingerprint density at radius 3 is 3.00 bits per heavy atom. The third-order valence-electron chi connectivity index (χ3n) is 5.26. The lowest BCUT2D eigenvalue weighted by molar-refractivity contribution is 0.156. The number of hydrogen-bond donors (Lipinski definition) is 2. The minimum Gasteiger partial charge on any atom is -0.394 e. The van der Waals surface area contributed by atoms with E-state index in [0.717, 1.165) is 32.4 Å². The van der Waals surface area contributed by atoms with E-state index < -0.39 is 0 Å². The molecule has 0 amide bonds. The zero-order valence-electron chi connectivity index (χ0n) is 12.2. The highest BCUT2D eigenvalue weighted by Crippen LogP contribution is 2.36. The molecule has 0 aromatic heterocycles. The molecule has 2 unspecified atom stereocenters. The van der Waals surface area contributed by atoms with Crippen LogP contribution in [0.15, 0.2) is 24.3 Å². The van der Waals surface area contributed by atoms with Crippen LogP contribution in [-0.4, -0.2) is 30.3 Å². The van der Waals surface area contributed by atoms with E-state index in [9.17, 15) is 5.11 Å². The van der Waals surface area contributed by atoms with Gasteiger partial charge in [0.1, 0.15) is 0 Å². The van der Waals surface area contributed by atoms with Crippen LogP contribution in [0.2, 0.25) is 0 Å². The first kappa shape index (κ1) is 13.9. The molecular formula is C17H26N2O. The molecule has 2 aliphatic rings. The zero-order chi connectivity index (χ0) is 14.0. The summed E-state index contributed by atoms with van der Waals surface area (Å²) in [7, 11) is 0. The molecular weight excluding hydrogens is 248 g/mol. The van der Waals surface area contributed by atoms with Crippen molar-refractivity contribution in [2.24, 2.45) is 11.7 Å². The van der Waals surface area contributed by atoms with Gasteiger partial charge < -0.3 is 15.7 Å². The molecule has 1 fully saturated rings. The van der Waals surface area contributed by atoms with Crippen molar-refractivity contribution in [1.29, 1.82) is 0 Å². The number of anilines is 1. The van der Waals surface area contributed by atoms with Gasteiger partial charge in [-0.3, -0.25) is 0 Å². The van der Waals surface area contributed by atoms with Crippen LogP contribution in [-0.2, 0) is 6.42 Å². The van der Waals surface area contributed by atoms with Gasteiger partial charge in [0, 0.05) is 24.3 Å². The summed E-state index contributed by atoms with van der Waals surface area (Å²) in [4.78, 5) is 2.51. The molecule has 1 aromatic carbocycles. The van der Waals surface area contributed by atoms with Gasteiger partial charge in [0.15, 0.2) is 0 Å². The maximum atomic E-state index is 9.55. The van der Waals surface area contributed by atoms with E-state index in [2.05, 4.69) is 29.2 Å². The van der Waals surface area contributed by atoms with Gasteiger partial charge in [0.2, 0.25) is 0 Å². The SMILES string of the molecule is NC1(CO)CCCC1CCN1CCCc2ccccc21. The molecule has 1 aliphatic heterocycles. The summed E-state index contributed by atoms with van der Waals surface area (Å²) < 4.78 is 0. The Labute approximate surface area is 121 Å². The van der Waals surface area contributed by atoms with Gasteiger partial charge in [-0.25, -0.2) is 0 Å². The van der Waals surface area contributed by atoms with Crippen molar-refractivity contribution in [1.82, 2.24) is 0 Å². The van der Waals surface area contributed by atoms with Crippen LogP contribution >= 0.6 is 0 Å². The third-order valence-corrected chi connectivity index (χ3v) is 5.26. The van der Waals surface area contributed by atoms with E-state index in [4.69, 9.17) is 5.73 Å². The van der Waals surface area contributed by atoms with Gasteiger partial charge in [0.05, 0.1) is 6.61 Å². The lowest BCUT2D eigenvalue weighted by Gasteiger charge is -2.35. The topological polar surface area (TPSA) is 49.5 Å². The maximum absolute atomic E-state index is 9.55. The predicted octanol–water partition coefficient (Wildman–Crippen LogP) is 2.32. The molecule has 0 spiro atoms. The molecule has 3 N–H and O–H groups in total. The van der Waals surface area contributed by atoms with E-state index in [1.165, 1.54) is 30.5 Å². The molecule has 3 rings (SSSR count). The van der Waals surface area contributed by atoms with Gasteiger partial charge in [-0.15, -0.1) is 0 Å². The summed E-state index contributed by atoms with van der Waals surface area (Å²) >= 11 is 0. The third kappa shape index (κ3) is 2.57. The van der Waals surface area contributed by atoms with Gasteiger partial charge in [-0.1, -0.05) is 24.6 Å². The molecule has 3 nitrogen and oxygen atoms in total. The first-order valence-electron chi connectivity index (χ1n) is 7.95. The number of para-hydroxylation sites is 1. The molecule has 110 valence electrons. The summed E-state index contributed by atoms with van der Waals surface area (Å²) in [5.41, 5.74) is 8.90. The summed E-state index contributed by atoms with van der Waals surface area (Å²) in [6, 6.07) is 8.76. The smallest absolute Gasteiger partial charge is 0.0613 e. The van der Waals surface area contributed by atoms with Crippen LogP contribution in [0.4, 0.5) is 5.69 Å². The van der Waals surface area contributed by atoms with Gasteiger partial charge in [0.25, 0.3) is 0 Å². The van der Waals surface area contributed by atoms with Crippen molar-refractivity contribution in [3.63, 3.8) is 0 Å². The molecule has 0 bridgehead atoms. The van der Waals surface area contributed by atoms with Crippen molar-refractivity contribution in [3.8, 4) is 0 Å². The Morgan fingerprint density at radius 1 is 1.30 bits per heavy atom. The largest absolute Gasteiger partial charge is 0.394 e. The van der Waals surface area contributed by atoms with Gasteiger partial charge >= 0.3 is 0 Å². The van der Waals surface area contributed by atoms with Crippen LogP contribution in [0.1, 0.15) is 37.7 Å². The Hall–Kier alpha value is -1.06. The quantitative estimate of drug-likeness (QED) is 0.886. The fourth-order valence-electron chi connectivity index (χ4n) is 3.96. The summed E-state index contributed by atoms with van der Waals surface area (Å²) in [6.45, 7) is 2.36. The highest BCUT2D eigenvalue weighted by atomic mass is 16.3. The molecule has 1 aliphatic carbocycles. The minimum absolute atomic E-state index is 0.133. The molecule has 3 heteroatoms. The average molecular weight is 274 g/mol. The normalized spacial score (nSPS) is 29.5. The van der Waals surface area contributed by atoms with Crippen LogP contribution in [0.3, 0.4) is 0 Å². The van der Waals surface area contributed by atoms with E-state index >= 15 is 0 Å². The first-order valence-corrected chi connectivity index (χ1v) is 7.95. The van der Waals surface area contributed by atoms with E-state index in [-0.39, 0.29) is 12.1 Å². The summed E-state index contributed by atoms with van der Waals surface area (Å²) in [5.74, 6) is 0.474. The standard InChI is InChI=1S/C17H26N2O/c18-17(13-20)10-3-7-15(17)9-12-19-11-4-6-14-5-1-2-8-16(14)19/h1-2,5,8,15,20H,3-4,6-7,9-13,18H2. The van der Waals surface area contributed by atoms with Crippen molar-refractivity contribution in [3.05, 3.63) is 29.8 Å². The molecule has 1 saturated carbocycles.